The lowest BCUT2D eigenvalue weighted by molar-refractivity contribution is -0.533. The summed E-state index contributed by atoms with van der Waals surface area (Å²) >= 11 is 0. The largest absolute Gasteiger partial charge is 0.599 e. The summed E-state index contributed by atoms with van der Waals surface area (Å²) in [6, 6.07) is 42.7. The van der Waals surface area contributed by atoms with E-state index in [0.29, 0.717) is 0 Å². The molecule has 4 aromatic heterocycles. The topological polar surface area (TPSA) is 31.6 Å². The third-order valence-electron chi connectivity index (χ3n) is 9.99. The molecule has 1 unspecified atom stereocenters. The molecular formula is C36H22BN5. The second kappa shape index (κ2) is 6.99. The summed E-state index contributed by atoms with van der Waals surface area (Å²) in [5.74, 6) is 0. The second-order valence-corrected chi connectivity index (χ2v) is 11.7. The zero-order valence-electron chi connectivity index (χ0n) is 22.5. The maximum atomic E-state index is 4.67. The van der Waals surface area contributed by atoms with Crippen LogP contribution in [0, 0.1) is 0 Å². The van der Waals surface area contributed by atoms with E-state index in [1.54, 1.807) is 0 Å². The summed E-state index contributed by atoms with van der Waals surface area (Å²) in [7, 11) is 0. The molecule has 5 aromatic carbocycles. The van der Waals surface area contributed by atoms with Crippen LogP contribution in [0.4, 0.5) is 0 Å². The molecule has 0 amide bonds. The lowest BCUT2D eigenvalue weighted by Gasteiger charge is -2.46. The quantitative estimate of drug-likeness (QED) is 0.201. The van der Waals surface area contributed by atoms with Gasteiger partial charge >= 0.3 is 6.69 Å². The maximum Gasteiger partial charge on any atom is 0.599 e. The van der Waals surface area contributed by atoms with Crippen molar-refractivity contribution in [3.63, 3.8) is 0 Å². The summed E-state index contributed by atoms with van der Waals surface area (Å²) in [5.41, 5.74) is 9.90. The summed E-state index contributed by atoms with van der Waals surface area (Å²) in [4.78, 5) is 4.67. The van der Waals surface area contributed by atoms with Gasteiger partial charge in [-0.3, -0.25) is 0 Å². The van der Waals surface area contributed by atoms with Gasteiger partial charge in [-0.2, -0.15) is 0 Å². The van der Waals surface area contributed by atoms with Crippen molar-refractivity contribution in [3.8, 4) is 22.5 Å². The minimum Gasteiger partial charge on any atom is -0.411 e. The number of pyridine rings is 1. The van der Waals surface area contributed by atoms with Crippen molar-refractivity contribution in [3.05, 3.63) is 134 Å². The highest BCUT2D eigenvalue weighted by atomic mass is 15.4. The smallest absolute Gasteiger partial charge is 0.411 e. The lowest BCUT2D eigenvalue weighted by atomic mass is 9.65. The van der Waals surface area contributed by atoms with Crippen LogP contribution < -0.4 is 4.48 Å². The van der Waals surface area contributed by atoms with Crippen LogP contribution in [0.2, 0.25) is 0 Å². The second-order valence-electron chi connectivity index (χ2n) is 11.7. The van der Waals surface area contributed by atoms with Crippen LogP contribution >= 0.6 is 0 Å². The van der Waals surface area contributed by atoms with E-state index in [-0.39, 0.29) is 0 Å². The predicted octanol–water partition coefficient (Wildman–Crippen LogP) is 7.43. The van der Waals surface area contributed by atoms with Crippen molar-refractivity contribution in [1.82, 2.24) is 18.4 Å². The van der Waals surface area contributed by atoms with Crippen LogP contribution in [-0.2, 0) is 0 Å². The zero-order chi connectivity index (χ0) is 27.2. The number of hydrogen-bond acceptors (Lipinski definition) is 1. The number of hydrogen-bond donors (Lipinski definition) is 0. The molecule has 2 aliphatic heterocycles. The van der Waals surface area contributed by atoms with E-state index < -0.39 is 6.69 Å². The molecule has 6 heteroatoms. The molecule has 0 saturated heterocycles. The Labute approximate surface area is 240 Å². The molecule has 11 rings (SSSR count). The van der Waals surface area contributed by atoms with Crippen LogP contribution in [0.5, 0.6) is 0 Å². The molecule has 6 heterocycles. The fourth-order valence-electron chi connectivity index (χ4n) is 8.61. The molecule has 194 valence electrons. The van der Waals surface area contributed by atoms with Gasteiger partial charge in [-0.15, -0.1) is 0 Å². The fraction of sp³-hybridized carbons (Fsp3) is 0. The van der Waals surface area contributed by atoms with Gasteiger partial charge in [0, 0.05) is 61.9 Å². The van der Waals surface area contributed by atoms with E-state index in [4.69, 9.17) is 0 Å². The molecule has 0 radical (unpaired) electrons. The first-order chi connectivity index (χ1) is 20.9. The Morgan fingerprint density at radius 1 is 0.548 bits per heavy atom. The Bertz CT molecular complexity index is 2640. The number of nitrogens with zero attached hydrogens (tertiary/aromatic N) is 5. The van der Waals surface area contributed by atoms with Gasteiger partial charge in [0.05, 0.1) is 17.5 Å². The van der Waals surface area contributed by atoms with Gasteiger partial charge in [0.25, 0.3) is 0 Å². The normalized spacial score (nSPS) is 16.7. The molecule has 0 saturated carbocycles. The van der Waals surface area contributed by atoms with E-state index in [2.05, 4.69) is 144 Å². The van der Waals surface area contributed by atoms with Crippen molar-refractivity contribution in [2.24, 2.45) is 0 Å². The van der Waals surface area contributed by atoms with E-state index in [0.717, 1.165) is 0 Å². The van der Waals surface area contributed by atoms with Gasteiger partial charge < -0.3 is 17.9 Å². The number of fused-ring (bicyclic) bond motifs is 12. The van der Waals surface area contributed by atoms with Crippen molar-refractivity contribution in [2.75, 3.05) is 0 Å². The van der Waals surface area contributed by atoms with Crippen molar-refractivity contribution >= 4 is 61.1 Å². The van der Waals surface area contributed by atoms with Gasteiger partial charge in [0.15, 0.2) is 11.4 Å². The number of imidazole rings is 1. The highest BCUT2D eigenvalue weighted by Crippen LogP contribution is 2.48. The average molecular weight is 535 g/mol. The first kappa shape index (κ1) is 21.2. The monoisotopic (exact) mass is 535 g/mol. The van der Waals surface area contributed by atoms with Crippen molar-refractivity contribution in [2.45, 2.75) is 0 Å². The molecule has 0 N–H and O–H groups in total. The molecule has 42 heavy (non-hydrogen) atoms. The molecule has 0 fully saturated rings. The highest BCUT2D eigenvalue weighted by Gasteiger charge is 2.56. The molecular weight excluding hydrogens is 513 g/mol. The van der Waals surface area contributed by atoms with Crippen molar-refractivity contribution < 1.29 is 4.48 Å². The van der Waals surface area contributed by atoms with Crippen LogP contribution in [-0.4, -0.2) is 25.1 Å². The maximum absolute atomic E-state index is 4.67. The first-order valence-electron chi connectivity index (χ1n) is 14.5. The van der Waals surface area contributed by atoms with E-state index in [9.17, 15) is 0 Å². The molecule has 2 aliphatic rings. The van der Waals surface area contributed by atoms with Gasteiger partial charge in [-0.1, -0.05) is 72.8 Å². The number of para-hydroxylation sites is 3. The number of benzene rings is 5. The molecule has 0 bridgehead atoms. The van der Waals surface area contributed by atoms with E-state index in [1.807, 2.05) is 12.5 Å². The molecule has 5 nitrogen and oxygen atoms in total. The minimum absolute atomic E-state index is 1.21. The van der Waals surface area contributed by atoms with Crippen molar-refractivity contribution in [1.29, 1.82) is 0 Å². The number of rotatable bonds is 1. The average Bonchev–Trinajstić information content (AvgIpc) is 3.79. The Kier molecular flexibility index (Phi) is 3.52. The van der Waals surface area contributed by atoms with E-state index in [1.165, 1.54) is 76.9 Å². The zero-order valence-corrected chi connectivity index (χ0v) is 22.5. The Balaban J connectivity index is 1.53. The first-order valence-corrected chi connectivity index (χ1v) is 14.5. The summed E-state index contributed by atoms with van der Waals surface area (Å²) in [6.07, 6.45) is 6.07. The standard InChI is InChI=1S/C36H22BN5/c1-2-9-24-23(8-1)18-19-33-34(24)29-14-6-13-28-32-17-7-16-31-27-12-5-11-26-25-10-3-4-15-30(25)41(35(26)27)37(40(31)32,42(33)36(28)29)39-21-20-38-22-39/h1-22H. The third kappa shape index (κ3) is 2.12. The predicted molar refractivity (Wildman–Crippen MR) is 171 cm³/mol. The summed E-state index contributed by atoms with van der Waals surface area (Å²) < 4.78 is 10.2. The Morgan fingerprint density at radius 3 is 2.02 bits per heavy atom. The van der Waals surface area contributed by atoms with Gasteiger partial charge in [-0.25, -0.2) is 4.98 Å². The molecule has 1 atom stereocenters. The number of aromatic nitrogens is 5. The highest BCUT2D eigenvalue weighted by molar-refractivity contribution is 6.72. The lowest BCUT2D eigenvalue weighted by Crippen LogP contribution is -2.81. The summed E-state index contributed by atoms with van der Waals surface area (Å²) in [5, 5.41) is 7.66. The van der Waals surface area contributed by atoms with Gasteiger partial charge in [0.2, 0.25) is 0 Å². The summed E-state index contributed by atoms with van der Waals surface area (Å²) in [6.45, 7) is -1.89. The molecule has 9 aromatic rings. The van der Waals surface area contributed by atoms with Gasteiger partial charge in [0.1, 0.15) is 0 Å². The molecule has 0 spiro atoms. The SMILES string of the molecule is c1cc2[n+]3c(c1)-c1cccc4c5c6ccccc6ccc5n(c14)[B-]3(n1ccnc1)n1c3ccccc3c3cccc-2c31. The van der Waals surface area contributed by atoms with Crippen LogP contribution in [0.3, 0.4) is 0 Å². The molecule has 0 aliphatic carbocycles. The Hall–Kier alpha value is -5.62. The minimum atomic E-state index is -1.89. The fourth-order valence-corrected chi connectivity index (χ4v) is 8.61. The van der Waals surface area contributed by atoms with Gasteiger partial charge in [-0.05, 0) is 47.3 Å². The Morgan fingerprint density at radius 2 is 1.21 bits per heavy atom. The van der Waals surface area contributed by atoms with Crippen LogP contribution in [0.1, 0.15) is 0 Å². The van der Waals surface area contributed by atoms with Crippen LogP contribution in [0.25, 0.3) is 76.9 Å². The third-order valence-corrected chi connectivity index (χ3v) is 9.99. The van der Waals surface area contributed by atoms with E-state index >= 15 is 0 Å². The van der Waals surface area contributed by atoms with Crippen LogP contribution in [0.15, 0.2) is 134 Å².